The van der Waals surface area contributed by atoms with Crippen molar-refractivity contribution in [1.29, 1.82) is 0 Å². The molecule has 144 valence electrons. The number of nitrogens with one attached hydrogen (secondary N) is 1. The van der Waals surface area contributed by atoms with Gasteiger partial charge in [-0.1, -0.05) is 48.5 Å². The molecule has 4 heteroatoms. The van der Waals surface area contributed by atoms with Crippen LogP contribution < -0.4 is 10.1 Å². The molecule has 0 radical (unpaired) electrons. The third-order valence-electron chi connectivity index (χ3n) is 4.35. The summed E-state index contributed by atoms with van der Waals surface area (Å²) < 4.78 is 5.83. The molecule has 0 bridgehead atoms. The second kappa shape index (κ2) is 11.9. The van der Waals surface area contributed by atoms with Gasteiger partial charge in [0, 0.05) is 13.1 Å². The maximum absolute atomic E-state index is 10.5. The molecule has 0 aliphatic rings. The first-order valence-corrected chi connectivity index (χ1v) is 9.51. The number of ether oxygens (including phenoxy) is 1. The van der Waals surface area contributed by atoms with Gasteiger partial charge in [0.1, 0.15) is 5.75 Å². The second-order valence-corrected chi connectivity index (χ2v) is 6.55. The van der Waals surface area contributed by atoms with E-state index in [0.29, 0.717) is 13.1 Å². The molecule has 0 aliphatic heterocycles. The summed E-state index contributed by atoms with van der Waals surface area (Å²) in [6, 6.07) is 18.7. The molecule has 4 nitrogen and oxygen atoms in total. The van der Waals surface area contributed by atoms with Crippen LogP contribution in [0.3, 0.4) is 0 Å². The van der Waals surface area contributed by atoms with Crippen LogP contribution in [0.4, 0.5) is 0 Å². The van der Waals surface area contributed by atoms with E-state index in [1.807, 2.05) is 18.2 Å². The standard InChI is InChI=1S/C23H29NO3/c1-19(14-16-24-17-15-23(25)26)21-10-12-22(13-11-21)27-18-6-5-9-20-7-3-2-4-8-20/h2-4,7-8,10-14,24H,5-6,9,15-18H2,1H3,(H,25,26). The van der Waals surface area contributed by atoms with Gasteiger partial charge in [-0.3, -0.25) is 4.79 Å². The quantitative estimate of drug-likeness (QED) is 0.540. The topological polar surface area (TPSA) is 58.6 Å². The first-order valence-electron chi connectivity index (χ1n) is 9.51. The molecule has 0 aromatic heterocycles. The number of carboxylic acids is 1. The monoisotopic (exact) mass is 367 g/mol. The molecule has 0 spiro atoms. The minimum absolute atomic E-state index is 0.143. The lowest BCUT2D eigenvalue weighted by atomic mass is 10.1. The summed E-state index contributed by atoms with van der Waals surface area (Å²) in [7, 11) is 0. The van der Waals surface area contributed by atoms with E-state index in [1.165, 1.54) is 5.56 Å². The Balaban J connectivity index is 1.65. The maximum Gasteiger partial charge on any atom is 0.304 e. The highest BCUT2D eigenvalue weighted by Gasteiger charge is 1.99. The Bertz CT molecular complexity index is 708. The van der Waals surface area contributed by atoms with Crippen molar-refractivity contribution >= 4 is 11.5 Å². The smallest absolute Gasteiger partial charge is 0.304 e. The zero-order valence-electron chi connectivity index (χ0n) is 16.0. The number of hydrogen-bond donors (Lipinski definition) is 2. The summed E-state index contributed by atoms with van der Waals surface area (Å²) in [6.07, 6.45) is 5.47. The van der Waals surface area contributed by atoms with Crippen LogP contribution in [0.1, 0.15) is 37.3 Å². The van der Waals surface area contributed by atoms with E-state index in [4.69, 9.17) is 9.84 Å². The number of carbonyl (C=O) groups is 1. The van der Waals surface area contributed by atoms with Gasteiger partial charge in [0.25, 0.3) is 0 Å². The van der Waals surface area contributed by atoms with Gasteiger partial charge in [0.2, 0.25) is 0 Å². The van der Waals surface area contributed by atoms with Crippen molar-refractivity contribution < 1.29 is 14.6 Å². The van der Waals surface area contributed by atoms with Crippen LogP contribution in [-0.4, -0.2) is 30.8 Å². The summed E-state index contributed by atoms with van der Waals surface area (Å²) >= 11 is 0. The molecule has 0 unspecified atom stereocenters. The molecule has 27 heavy (non-hydrogen) atoms. The summed E-state index contributed by atoms with van der Waals surface area (Å²) in [6.45, 7) is 3.93. The SMILES string of the molecule is CC(=CCNCCC(=O)O)c1ccc(OCCCCc2ccccc2)cc1. The Morgan fingerprint density at radius 1 is 1.07 bits per heavy atom. The molecule has 0 atom stereocenters. The molecule has 2 aromatic carbocycles. The van der Waals surface area contributed by atoms with E-state index in [2.05, 4.69) is 54.7 Å². The Morgan fingerprint density at radius 2 is 1.81 bits per heavy atom. The number of hydrogen-bond acceptors (Lipinski definition) is 3. The van der Waals surface area contributed by atoms with E-state index in [0.717, 1.165) is 42.8 Å². The first kappa shape index (κ1) is 20.7. The largest absolute Gasteiger partial charge is 0.494 e. The van der Waals surface area contributed by atoms with E-state index >= 15 is 0 Å². The Morgan fingerprint density at radius 3 is 2.52 bits per heavy atom. The van der Waals surface area contributed by atoms with Crippen molar-refractivity contribution in [2.24, 2.45) is 0 Å². The molecule has 0 fully saturated rings. The molecular weight excluding hydrogens is 338 g/mol. The van der Waals surface area contributed by atoms with Gasteiger partial charge in [-0.2, -0.15) is 0 Å². The fourth-order valence-corrected chi connectivity index (χ4v) is 2.72. The lowest BCUT2D eigenvalue weighted by Gasteiger charge is -2.08. The normalized spacial score (nSPS) is 11.4. The van der Waals surface area contributed by atoms with E-state index < -0.39 is 5.97 Å². The number of aryl methyl sites for hydroxylation is 1. The number of unbranched alkanes of at least 4 members (excludes halogenated alkanes) is 1. The Hall–Kier alpha value is -2.59. The van der Waals surface area contributed by atoms with Gasteiger partial charge < -0.3 is 15.2 Å². The zero-order valence-corrected chi connectivity index (χ0v) is 16.0. The highest BCUT2D eigenvalue weighted by atomic mass is 16.5. The zero-order chi connectivity index (χ0) is 19.3. The van der Waals surface area contributed by atoms with E-state index in [9.17, 15) is 4.79 Å². The molecule has 0 saturated carbocycles. The van der Waals surface area contributed by atoms with Gasteiger partial charge in [-0.05, 0) is 55.0 Å². The molecule has 0 saturated heterocycles. The average molecular weight is 367 g/mol. The predicted molar refractivity (Wildman–Crippen MR) is 110 cm³/mol. The van der Waals surface area contributed by atoms with Gasteiger partial charge in [0.15, 0.2) is 0 Å². The van der Waals surface area contributed by atoms with Gasteiger partial charge in [-0.15, -0.1) is 0 Å². The predicted octanol–water partition coefficient (Wildman–Crippen LogP) is 4.56. The number of allylic oxidation sites excluding steroid dienone is 1. The molecule has 0 heterocycles. The first-order chi connectivity index (χ1) is 13.1. The van der Waals surface area contributed by atoms with Crippen molar-refractivity contribution in [3.05, 3.63) is 71.8 Å². The molecule has 0 amide bonds. The number of benzene rings is 2. The maximum atomic E-state index is 10.5. The number of aliphatic carboxylic acids is 1. The highest BCUT2D eigenvalue weighted by Crippen LogP contribution is 2.18. The summed E-state index contributed by atoms with van der Waals surface area (Å²) in [5.74, 6) is 0.115. The summed E-state index contributed by atoms with van der Waals surface area (Å²) in [4.78, 5) is 10.5. The average Bonchev–Trinajstić information content (AvgIpc) is 2.68. The third kappa shape index (κ3) is 8.56. The van der Waals surface area contributed by atoms with Crippen LogP contribution in [-0.2, 0) is 11.2 Å². The van der Waals surface area contributed by atoms with Crippen LogP contribution in [0.25, 0.3) is 5.57 Å². The number of rotatable bonds is 12. The van der Waals surface area contributed by atoms with Crippen molar-refractivity contribution in [2.75, 3.05) is 19.7 Å². The van der Waals surface area contributed by atoms with Crippen LogP contribution in [0, 0.1) is 0 Å². The van der Waals surface area contributed by atoms with Gasteiger partial charge >= 0.3 is 5.97 Å². The molecule has 2 N–H and O–H groups in total. The molecular formula is C23H29NO3. The highest BCUT2D eigenvalue weighted by molar-refractivity contribution is 5.67. The van der Waals surface area contributed by atoms with Gasteiger partial charge in [-0.25, -0.2) is 0 Å². The van der Waals surface area contributed by atoms with Crippen LogP contribution >= 0.6 is 0 Å². The van der Waals surface area contributed by atoms with Crippen molar-refractivity contribution in [1.82, 2.24) is 5.32 Å². The van der Waals surface area contributed by atoms with Crippen LogP contribution in [0.15, 0.2) is 60.7 Å². The fraction of sp³-hybridized carbons (Fsp3) is 0.348. The fourth-order valence-electron chi connectivity index (χ4n) is 2.72. The van der Waals surface area contributed by atoms with Crippen LogP contribution in [0.2, 0.25) is 0 Å². The van der Waals surface area contributed by atoms with Crippen molar-refractivity contribution in [2.45, 2.75) is 32.6 Å². The van der Waals surface area contributed by atoms with Crippen LogP contribution in [0.5, 0.6) is 5.75 Å². The van der Waals surface area contributed by atoms with Crippen molar-refractivity contribution in [3.63, 3.8) is 0 Å². The van der Waals surface area contributed by atoms with Gasteiger partial charge in [0.05, 0.1) is 13.0 Å². The number of carboxylic acid groups (broad SMARTS) is 1. The van der Waals surface area contributed by atoms with E-state index in [1.54, 1.807) is 0 Å². The van der Waals surface area contributed by atoms with E-state index in [-0.39, 0.29) is 6.42 Å². The minimum atomic E-state index is -0.779. The lowest BCUT2D eigenvalue weighted by molar-refractivity contribution is -0.136. The third-order valence-corrected chi connectivity index (χ3v) is 4.35. The Labute approximate surface area is 161 Å². The lowest BCUT2D eigenvalue weighted by Crippen LogP contribution is -2.18. The molecule has 2 rings (SSSR count). The minimum Gasteiger partial charge on any atom is -0.494 e. The molecule has 2 aromatic rings. The second-order valence-electron chi connectivity index (χ2n) is 6.55. The summed E-state index contributed by atoms with van der Waals surface area (Å²) in [5, 5.41) is 11.7. The van der Waals surface area contributed by atoms with Crippen molar-refractivity contribution in [3.8, 4) is 5.75 Å². The Kier molecular flexibility index (Phi) is 9.14. The molecule has 0 aliphatic carbocycles. The summed E-state index contributed by atoms with van der Waals surface area (Å²) in [5.41, 5.74) is 3.68.